The molecule has 0 spiro atoms. The Labute approximate surface area is 179 Å². The number of para-hydroxylation sites is 2. The van der Waals surface area contributed by atoms with Crippen LogP contribution in [0.2, 0.25) is 0 Å². The van der Waals surface area contributed by atoms with Crippen molar-refractivity contribution in [1.82, 2.24) is 20.0 Å². The molecule has 1 heterocycles. The van der Waals surface area contributed by atoms with Crippen LogP contribution in [-0.2, 0) is 32.5 Å². The largest absolute Gasteiger partial charge is 0.383 e. The molecular weight excluding hydrogens is 420 g/mol. The number of carbonyl (C=O) groups excluding carboxylic acids is 1. The topological polar surface area (TPSA) is 130 Å². The van der Waals surface area contributed by atoms with E-state index in [1.54, 1.807) is 24.3 Å². The molecule has 1 amide bonds. The summed E-state index contributed by atoms with van der Waals surface area (Å²) in [5.41, 5.74) is 2.09. The Kier molecular flexibility index (Phi) is 7.50. The molecule has 0 atom stereocenters. The number of aryl methyl sites for hydroxylation is 1. The van der Waals surface area contributed by atoms with Crippen LogP contribution in [0.4, 0.5) is 0 Å². The minimum atomic E-state index is -3.60. The average molecular weight is 445 g/mol. The number of carbonyl (C=O) groups is 1. The Morgan fingerprint density at radius 2 is 1.87 bits per heavy atom. The second kappa shape index (κ2) is 10.3. The predicted octanol–water partition coefficient (Wildman–Crippen LogP) is 1.10. The highest BCUT2D eigenvalue weighted by molar-refractivity contribution is 7.89. The third kappa shape index (κ3) is 6.20. The lowest BCUT2D eigenvalue weighted by Gasteiger charge is -2.08. The van der Waals surface area contributed by atoms with Crippen LogP contribution >= 0.6 is 0 Å². The van der Waals surface area contributed by atoms with E-state index in [0.717, 1.165) is 5.56 Å². The SMILES string of the molecule is COCCNS(=O)(=O)c1ccc(CNC(=O)CCc2nc3ccccc3[nH]c2=O)cc1. The van der Waals surface area contributed by atoms with Gasteiger partial charge in [-0.05, 0) is 29.8 Å². The first-order chi connectivity index (χ1) is 14.9. The molecule has 0 radical (unpaired) electrons. The van der Waals surface area contributed by atoms with Gasteiger partial charge in [0, 0.05) is 33.0 Å². The van der Waals surface area contributed by atoms with Crippen molar-refractivity contribution in [3.8, 4) is 0 Å². The normalized spacial score (nSPS) is 11.5. The van der Waals surface area contributed by atoms with Gasteiger partial charge in [0.25, 0.3) is 5.56 Å². The summed E-state index contributed by atoms with van der Waals surface area (Å²) in [6.07, 6.45) is 0.334. The minimum Gasteiger partial charge on any atom is -0.383 e. The van der Waals surface area contributed by atoms with Crippen LogP contribution in [-0.4, -0.2) is 44.6 Å². The van der Waals surface area contributed by atoms with Crippen LogP contribution in [0.1, 0.15) is 17.7 Å². The molecule has 9 nitrogen and oxygen atoms in total. The number of sulfonamides is 1. The number of methoxy groups -OCH3 is 1. The van der Waals surface area contributed by atoms with Crippen LogP contribution in [0.3, 0.4) is 0 Å². The van der Waals surface area contributed by atoms with Crippen molar-refractivity contribution in [1.29, 1.82) is 0 Å². The van der Waals surface area contributed by atoms with Gasteiger partial charge in [0.05, 0.1) is 22.5 Å². The van der Waals surface area contributed by atoms with E-state index in [4.69, 9.17) is 4.74 Å². The molecular formula is C21H24N4O5S. The summed E-state index contributed by atoms with van der Waals surface area (Å²) in [5.74, 6) is -0.229. The Balaban J connectivity index is 1.52. The predicted molar refractivity (Wildman–Crippen MR) is 116 cm³/mol. The van der Waals surface area contributed by atoms with Crippen LogP contribution in [0.15, 0.2) is 58.2 Å². The molecule has 0 bridgehead atoms. The summed E-state index contributed by atoms with van der Waals surface area (Å²) in [4.78, 5) is 31.5. The molecule has 3 aromatic rings. The van der Waals surface area contributed by atoms with Gasteiger partial charge in [0.2, 0.25) is 15.9 Å². The van der Waals surface area contributed by atoms with Gasteiger partial charge < -0.3 is 15.0 Å². The molecule has 2 aromatic carbocycles. The van der Waals surface area contributed by atoms with Gasteiger partial charge >= 0.3 is 0 Å². The maximum atomic E-state index is 12.2. The molecule has 0 aliphatic heterocycles. The molecule has 0 saturated carbocycles. The molecule has 0 fully saturated rings. The number of hydrogen-bond donors (Lipinski definition) is 3. The molecule has 10 heteroatoms. The quantitative estimate of drug-likeness (QED) is 0.402. The number of ether oxygens (including phenoxy) is 1. The number of hydrogen-bond acceptors (Lipinski definition) is 6. The maximum Gasteiger partial charge on any atom is 0.270 e. The highest BCUT2D eigenvalue weighted by Gasteiger charge is 2.13. The summed E-state index contributed by atoms with van der Waals surface area (Å²) < 4.78 is 31.6. The van der Waals surface area contributed by atoms with E-state index >= 15 is 0 Å². The summed E-state index contributed by atoms with van der Waals surface area (Å²) in [6.45, 7) is 0.716. The fourth-order valence-corrected chi connectivity index (χ4v) is 3.92. The smallest absolute Gasteiger partial charge is 0.270 e. The zero-order chi connectivity index (χ0) is 22.3. The van der Waals surface area contributed by atoms with Gasteiger partial charge in [-0.3, -0.25) is 9.59 Å². The van der Waals surface area contributed by atoms with Crippen LogP contribution in [0.5, 0.6) is 0 Å². The number of rotatable bonds is 10. The average Bonchev–Trinajstić information content (AvgIpc) is 2.76. The van der Waals surface area contributed by atoms with Crippen LogP contribution in [0.25, 0.3) is 11.0 Å². The van der Waals surface area contributed by atoms with E-state index in [2.05, 4.69) is 20.0 Å². The molecule has 0 saturated heterocycles. The van der Waals surface area contributed by atoms with E-state index in [0.29, 0.717) is 16.7 Å². The van der Waals surface area contributed by atoms with Gasteiger partial charge in [-0.1, -0.05) is 24.3 Å². The minimum absolute atomic E-state index is 0.115. The van der Waals surface area contributed by atoms with E-state index in [1.165, 1.54) is 19.2 Å². The third-order valence-electron chi connectivity index (χ3n) is 4.58. The lowest BCUT2D eigenvalue weighted by Crippen LogP contribution is -2.27. The van der Waals surface area contributed by atoms with Crippen molar-refractivity contribution in [2.75, 3.05) is 20.3 Å². The molecule has 3 rings (SSSR count). The highest BCUT2D eigenvalue weighted by Crippen LogP contribution is 2.11. The number of aromatic amines is 1. The number of nitrogens with zero attached hydrogens (tertiary/aromatic N) is 1. The number of H-pyrrole nitrogens is 1. The van der Waals surface area contributed by atoms with E-state index in [1.807, 2.05) is 12.1 Å². The van der Waals surface area contributed by atoms with Gasteiger partial charge in [0.15, 0.2) is 0 Å². The molecule has 3 N–H and O–H groups in total. The molecule has 1 aromatic heterocycles. The molecule has 0 unspecified atom stereocenters. The van der Waals surface area contributed by atoms with Crippen molar-refractivity contribution in [2.24, 2.45) is 0 Å². The van der Waals surface area contributed by atoms with Gasteiger partial charge in [0.1, 0.15) is 5.69 Å². The summed E-state index contributed by atoms with van der Waals surface area (Å²) in [7, 11) is -2.10. The van der Waals surface area contributed by atoms with Crippen LogP contribution < -0.4 is 15.6 Å². The molecule has 31 heavy (non-hydrogen) atoms. The van der Waals surface area contributed by atoms with Crippen LogP contribution in [0, 0.1) is 0 Å². The van der Waals surface area contributed by atoms with Crippen molar-refractivity contribution < 1.29 is 17.9 Å². The van der Waals surface area contributed by atoms with Gasteiger partial charge in [-0.15, -0.1) is 0 Å². The number of benzene rings is 2. The van der Waals surface area contributed by atoms with E-state index < -0.39 is 10.0 Å². The first kappa shape index (κ1) is 22.6. The highest BCUT2D eigenvalue weighted by atomic mass is 32.2. The van der Waals surface area contributed by atoms with Crippen molar-refractivity contribution in [3.05, 3.63) is 70.1 Å². The standard InChI is InChI=1S/C21H24N4O5S/c1-30-13-12-23-31(28,29)16-8-6-15(7-9-16)14-22-20(26)11-10-19-21(27)25-18-5-3-2-4-17(18)24-19/h2-9,23H,10-14H2,1H3,(H,22,26)(H,25,27). The summed E-state index contributed by atoms with van der Waals surface area (Å²) >= 11 is 0. The zero-order valence-corrected chi connectivity index (χ0v) is 17.9. The van der Waals surface area contributed by atoms with E-state index in [-0.39, 0.29) is 48.9 Å². The van der Waals surface area contributed by atoms with Crippen molar-refractivity contribution in [2.45, 2.75) is 24.3 Å². The maximum absolute atomic E-state index is 12.2. The Morgan fingerprint density at radius 1 is 1.13 bits per heavy atom. The van der Waals surface area contributed by atoms with Crippen molar-refractivity contribution >= 4 is 27.0 Å². The van der Waals surface area contributed by atoms with Gasteiger partial charge in [-0.2, -0.15) is 0 Å². The number of amides is 1. The first-order valence-electron chi connectivity index (χ1n) is 9.71. The second-order valence-electron chi connectivity index (χ2n) is 6.84. The van der Waals surface area contributed by atoms with E-state index in [9.17, 15) is 18.0 Å². The lowest BCUT2D eigenvalue weighted by molar-refractivity contribution is -0.121. The van der Waals surface area contributed by atoms with Gasteiger partial charge in [-0.25, -0.2) is 18.1 Å². The first-order valence-corrected chi connectivity index (χ1v) is 11.2. The summed E-state index contributed by atoms with van der Waals surface area (Å²) in [6, 6.07) is 13.5. The number of aromatic nitrogens is 2. The Hall–Kier alpha value is -3.08. The Morgan fingerprint density at radius 3 is 2.61 bits per heavy atom. The fraction of sp³-hybridized carbons (Fsp3) is 0.286. The number of nitrogens with one attached hydrogen (secondary N) is 3. The zero-order valence-electron chi connectivity index (χ0n) is 17.1. The third-order valence-corrected chi connectivity index (χ3v) is 6.06. The molecule has 164 valence electrons. The number of fused-ring (bicyclic) bond motifs is 1. The molecule has 0 aliphatic carbocycles. The lowest BCUT2D eigenvalue weighted by atomic mass is 10.2. The Bertz CT molecular complexity index is 1210. The van der Waals surface area contributed by atoms with Crippen molar-refractivity contribution in [3.63, 3.8) is 0 Å². The fourth-order valence-electron chi connectivity index (χ4n) is 2.91. The monoisotopic (exact) mass is 444 g/mol. The second-order valence-corrected chi connectivity index (χ2v) is 8.61. The summed E-state index contributed by atoms with van der Waals surface area (Å²) in [5, 5.41) is 2.77. The molecule has 0 aliphatic rings.